The smallest absolute Gasteiger partial charge is 0.272 e. The number of benzene rings is 2. The van der Waals surface area contributed by atoms with Crippen molar-refractivity contribution >= 4 is 29.2 Å². The van der Waals surface area contributed by atoms with Gasteiger partial charge in [0.15, 0.2) is 5.69 Å². The molecule has 1 aliphatic rings. The zero-order valence-corrected chi connectivity index (χ0v) is 15.8. The van der Waals surface area contributed by atoms with Crippen LogP contribution in [0.15, 0.2) is 60.7 Å². The molecule has 2 amide bonds. The van der Waals surface area contributed by atoms with Crippen LogP contribution in [-0.4, -0.2) is 21.6 Å². The molecule has 1 aromatic heterocycles. The molecule has 0 spiro atoms. The van der Waals surface area contributed by atoms with E-state index in [9.17, 15) is 9.59 Å². The summed E-state index contributed by atoms with van der Waals surface area (Å²) in [6.07, 6.45) is 1.81. The van der Waals surface area contributed by atoms with E-state index in [2.05, 4.69) is 15.7 Å². The highest BCUT2D eigenvalue weighted by molar-refractivity contribution is 6.30. The van der Waals surface area contributed by atoms with Gasteiger partial charge in [-0.15, -0.1) is 0 Å². The second-order valence-electron chi connectivity index (χ2n) is 6.73. The van der Waals surface area contributed by atoms with E-state index in [4.69, 9.17) is 11.6 Å². The maximum atomic E-state index is 12.6. The molecule has 0 bridgehead atoms. The van der Waals surface area contributed by atoms with Crippen molar-refractivity contribution in [1.29, 1.82) is 0 Å². The molecule has 6 nitrogen and oxygen atoms in total. The van der Waals surface area contributed by atoms with Crippen LogP contribution < -0.4 is 10.6 Å². The van der Waals surface area contributed by atoms with E-state index in [0.29, 0.717) is 17.4 Å². The second kappa shape index (κ2) is 7.86. The van der Waals surface area contributed by atoms with Crippen molar-refractivity contribution in [2.24, 2.45) is 5.92 Å². The predicted molar refractivity (Wildman–Crippen MR) is 108 cm³/mol. The lowest BCUT2D eigenvalue weighted by atomic mass is 10.2. The van der Waals surface area contributed by atoms with Gasteiger partial charge in [0.05, 0.1) is 5.69 Å². The van der Waals surface area contributed by atoms with Crippen LogP contribution in [-0.2, 0) is 11.3 Å². The van der Waals surface area contributed by atoms with Gasteiger partial charge in [-0.05, 0) is 42.7 Å². The molecule has 1 aliphatic carbocycles. The van der Waals surface area contributed by atoms with Crippen LogP contribution in [0.5, 0.6) is 0 Å². The number of halogens is 1. The van der Waals surface area contributed by atoms with E-state index < -0.39 is 0 Å². The van der Waals surface area contributed by atoms with Gasteiger partial charge < -0.3 is 10.6 Å². The summed E-state index contributed by atoms with van der Waals surface area (Å²) in [7, 11) is 0. The maximum Gasteiger partial charge on any atom is 0.272 e. The van der Waals surface area contributed by atoms with Crippen LogP contribution >= 0.6 is 11.6 Å². The highest BCUT2D eigenvalue weighted by Gasteiger charge is 2.30. The summed E-state index contributed by atoms with van der Waals surface area (Å²) in [5, 5.41) is 10.8. The fourth-order valence-corrected chi connectivity index (χ4v) is 2.92. The number of amides is 2. The topological polar surface area (TPSA) is 76.0 Å². The van der Waals surface area contributed by atoms with E-state index in [-0.39, 0.29) is 23.4 Å². The van der Waals surface area contributed by atoms with Gasteiger partial charge in [-0.1, -0.05) is 41.9 Å². The number of rotatable bonds is 6. The van der Waals surface area contributed by atoms with Crippen LogP contribution in [0.3, 0.4) is 0 Å². The molecule has 28 heavy (non-hydrogen) atoms. The first kappa shape index (κ1) is 18.3. The number of hydrogen-bond donors (Lipinski definition) is 2. The second-order valence-corrected chi connectivity index (χ2v) is 7.17. The molecule has 3 aromatic rings. The molecule has 142 valence electrons. The third-order valence-corrected chi connectivity index (χ3v) is 4.76. The van der Waals surface area contributed by atoms with E-state index in [1.165, 1.54) is 0 Å². The van der Waals surface area contributed by atoms with Gasteiger partial charge >= 0.3 is 0 Å². The first-order valence-electron chi connectivity index (χ1n) is 9.09. The summed E-state index contributed by atoms with van der Waals surface area (Å²) in [6, 6.07) is 18.3. The Bertz CT molecular complexity index is 995. The Labute approximate surface area is 167 Å². The average Bonchev–Trinajstić information content (AvgIpc) is 3.49. The van der Waals surface area contributed by atoms with Gasteiger partial charge in [0, 0.05) is 23.6 Å². The molecule has 1 heterocycles. The Morgan fingerprint density at radius 1 is 1.07 bits per heavy atom. The summed E-state index contributed by atoms with van der Waals surface area (Å²) in [5.41, 5.74) is 1.94. The predicted octanol–water partition coefficient (Wildman–Crippen LogP) is 3.80. The minimum absolute atomic E-state index is 0.0368. The highest BCUT2D eigenvalue weighted by atomic mass is 35.5. The molecular weight excluding hydrogens is 376 g/mol. The van der Waals surface area contributed by atoms with Crippen molar-refractivity contribution in [2.45, 2.75) is 19.4 Å². The number of carbonyl (C=O) groups is 2. The number of para-hydroxylation sites is 1. The Kier molecular flexibility index (Phi) is 5.12. The highest BCUT2D eigenvalue weighted by Crippen LogP contribution is 2.30. The molecule has 2 N–H and O–H groups in total. The molecule has 7 heteroatoms. The number of aromatic nitrogens is 2. The SMILES string of the molecule is O=C(NCc1ccc(Cl)cc1)c1cc(NC(=O)C2CC2)n(-c2ccccc2)n1. The van der Waals surface area contributed by atoms with Gasteiger partial charge in [-0.3, -0.25) is 9.59 Å². The minimum Gasteiger partial charge on any atom is -0.347 e. The van der Waals surface area contributed by atoms with Crippen LogP contribution in [0.25, 0.3) is 5.69 Å². The molecule has 1 fully saturated rings. The van der Waals surface area contributed by atoms with Crippen molar-refractivity contribution in [3.8, 4) is 5.69 Å². The Morgan fingerprint density at radius 3 is 2.46 bits per heavy atom. The van der Waals surface area contributed by atoms with E-state index in [1.807, 2.05) is 42.5 Å². The monoisotopic (exact) mass is 394 g/mol. The molecular formula is C21H19ClN4O2. The molecule has 0 unspecified atom stereocenters. The molecule has 0 saturated heterocycles. The number of hydrogen-bond acceptors (Lipinski definition) is 3. The van der Waals surface area contributed by atoms with Crippen LogP contribution in [0.2, 0.25) is 5.02 Å². The maximum absolute atomic E-state index is 12.6. The first-order chi connectivity index (χ1) is 13.6. The summed E-state index contributed by atoms with van der Waals surface area (Å²) < 4.78 is 1.58. The molecule has 2 aromatic carbocycles. The van der Waals surface area contributed by atoms with Crippen molar-refractivity contribution in [2.75, 3.05) is 5.32 Å². The fourth-order valence-electron chi connectivity index (χ4n) is 2.80. The van der Waals surface area contributed by atoms with Gasteiger partial charge in [0.1, 0.15) is 5.82 Å². The molecule has 4 rings (SSSR count). The number of nitrogens with zero attached hydrogens (tertiary/aromatic N) is 2. The normalized spacial score (nSPS) is 13.2. The van der Waals surface area contributed by atoms with Crippen molar-refractivity contribution in [3.63, 3.8) is 0 Å². The van der Waals surface area contributed by atoms with E-state index in [1.54, 1.807) is 22.9 Å². The summed E-state index contributed by atoms with van der Waals surface area (Å²) in [6.45, 7) is 0.359. The third-order valence-electron chi connectivity index (χ3n) is 4.51. The van der Waals surface area contributed by atoms with Gasteiger partial charge in [0.25, 0.3) is 5.91 Å². The summed E-state index contributed by atoms with van der Waals surface area (Å²) in [4.78, 5) is 24.8. The number of anilines is 1. The average molecular weight is 395 g/mol. The number of nitrogens with one attached hydrogen (secondary N) is 2. The number of carbonyl (C=O) groups excluding carboxylic acids is 2. The van der Waals surface area contributed by atoms with Crippen molar-refractivity contribution in [3.05, 3.63) is 76.9 Å². The first-order valence-corrected chi connectivity index (χ1v) is 9.47. The largest absolute Gasteiger partial charge is 0.347 e. The Morgan fingerprint density at radius 2 is 1.79 bits per heavy atom. The quantitative estimate of drug-likeness (QED) is 0.667. The molecule has 1 saturated carbocycles. The minimum atomic E-state index is -0.313. The zero-order valence-electron chi connectivity index (χ0n) is 15.1. The molecule has 0 atom stereocenters. The molecule has 0 aliphatic heterocycles. The van der Waals surface area contributed by atoms with Gasteiger partial charge in [0.2, 0.25) is 5.91 Å². The lowest BCUT2D eigenvalue weighted by Gasteiger charge is -2.08. The fraction of sp³-hybridized carbons (Fsp3) is 0.190. The van der Waals surface area contributed by atoms with Gasteiger partial charge in [-0.25, -0.2) is 4.68 Å². The standard InChI is InChI=1S/C21H19ClN4O2/c22-16-10-6-14(7-11-16)13-23-21(28)18-12-19(24-20(27)15-8-9-15)26(25-18)17-4-2-1-3-5-17/h1-7,10-12,15H,8-9,13H2,(H,23,28)(H,24,27). The summed E-state index contributed by atoms with van der Waals surface area (Å²) >= 11 is 5.88. The Hall–Kier alpha value is -3.12. The lowest BCUT2D eigenvalue weighted by molar-refractivity contribution is -0.117. The van der Waals surface area contributed by atoms with Crippen molar-refractivity contribution < 1.29 is 9.59 Å². The Balaban J connectivity index is 1.54. The van der Waals surface area contributed by atoms with Crippen molar-refractivity contribution in [1.82, 2.24) is 15.1 Å². The van der Waals surface area contributed by atoms with Crippen LogP contribution in [0.1, 0.15) is 28.9 Å². The van der Waals surface area contributed by atoms with E-state index >= 15 is 0 Å². The van der Waals surface area contributed by atoms with Crippen LogP contribution in [0, 0.1) is 5.92 Å². The van der Waals surface area contributed by atoms with Crippen LogP contribution in [0.4, 0.5) is 5.82 Å². The van der Waals surface area contributed by atoms with Gasteiger partial charge in [-0.2, -0.15) is 5.10 Å². The summed E-state index contributed by atoms with van der Waals surface area (Å²) in [5.74, 6) is 0.192. The lowest BCUT2D eigenvalue weighted by Crippen LogP contribution is -2.23. The van der Waals surface area contributed by atoms with E-state index in [0.717, 1.165) is 24.1 Å². The zero-order chi connectivity index (χ0) is 19.5. The molecule has 0 radical (unpaired) electrons. The third kappa shape index (κ3) is 4.23.